The zero-order valence-electron chi connectivity index (χ0n) is 20.7. The molecule has 5 rings (SSSR count). The summed E-state index contributed by atoms with van der Waals surface area (Å²) in [5, 5.41) is 3.05. The van der Waals surface area contributed by atoms with Crippen LogP contribution in [-0.4, -0.2) is 37.0 Å². The lowest BCUT2D eigenvalue weighted by molar-refractivity contribution is 0.102. The van der Waals surface area contributed by atoms with Crippen molar-refractivity contribution < 1.29 is 4.79 Å². The van der Waals surface area contributed by atoms with Gasteiger partial charge in [-0.25, -0.2) is 0 Å². The Bertz CT molecular complexity index is 1060. The van der Waals surface area contributed by atoms with Crippen LogP contribution in [0.4, 0.5) is 11.4 Å². The first-order chi connectivity index (χ1) is 17.2. The van der Waals surface area contributed by atoms with E-state index < -0.39 is 0 Å². The van der Waals surface area contributed by atoms with Crippen molar-refractivity contribution in [3.63, 3.8) is 0 Å². The van der Waals surface area contributed by atoms with Crippen LogP contribution < -0.4 is 10.2 Å². The van der Waals surface area contributed by atoms with Crippen LogP contribution in [0.3, 0.4) is 0 Å². The van der Waals surface area contributed by atoms with E-state index in [0.29, 0.717) is 5.56 Å². The molecule has 182 valence electrons. The lowest BCUT2D eigenvalue weighted by Crippen LogP contribution is -2.33. The number of benzene rings is 3. The first-order valence-electron chi connectivity index (χ1n) is 13.2. The fourth-order valence-electron chi connectivity index (χ4n) is 5.43. The van der Waals surface area contributed by atoms with Gasteiger partial charge < -0.3 is 10.2 Å². The molecule has 4 heteroatoms. The predicted octanol–water partition coefficient (Wildman–Crippen LogP) is 6.38. The zero-order chi connectivity index (χ0) is 23.9. The van der Waals surface area contributed by atoms with Gasteiger partial charge in [0.1, 0.15) is 0 Å². The molecule has 4 nitrogen and oxygen atoms in total. The molecule has 1 amide bonds. The topological polar surface area (TPSA) is 35.6 Å². The Morgan fingerprint density at radius 3 is 2.11 bits per heavy atom. The van der Waals surface area contributed by atoms with Gasteiger partial charge >= 0.3 is 0 Å². The molecular weight excluding hydrogens is 430 g/mol. The van der Waals surface area contributed by atoms with Crippen LogP contribution >= 0.6 is 0 Å². The van der Waals surface area contributed by atoms with Gasteiger partial charge in [0.15, 0.2) is 0 Å². The molecule has 3 aromatic carbocycles. The van der Waals surface area contributed by atoms with Crippen LogP contribution in [0.15, 0.2) is 78.9 Å². The molecule has 2 aliphatic rings. The van der Waals surface area contributed by atoms with Crippen molar-refractivity contribution in [3.05, 3.63) is 95.6 Å². The van der Waals surface area contributed by atoms with Gasteiger partial charge in [-0.2, -0.15) is 0 Å². The van der Waals surface area contributed by atoms with Crippen LogP contribution in [0.25, 0.3) is 0 Å². The molecule has 0 aromatic heterocycles. The molecule has 2 aliphatic heterocycles. The smallest absolute Gasteiger partial charge is 0.255 e. The molecule has 0 atom stereocenters. The Labute approximate surface area is 210 Å². The Hall–Kier alpha value is -3.11. The monoisotopic (exact) mass is 467 g/mol. The van der Waals surface area contributed by atoms with E-state index in [2.05, 4.69) is 69.7 Å². The molecule has 0 saturated carbocycles. The summed E-state index contributed by atoms with van der Waals surface area (Å²) in [5.41, 5.74) is 5.52. The van der Waals surface area contributed by atoms with E-state index in [-0.39, 0.29) is 5.91 Å². The van der Waals surface area contributed by atoms with Gasteiger partial charge in [0, 0.05) is 36.6 Å². The maximum absolute atomic E-state index is 12.8. The summed E-state index contributed by atoms with van der Waals surface area (Å²) in [7, 11) is 0. The average molecular weight is 468 g/mol. The highest BCUT2D eigenvalue weighted by Gasteiger charge is 2.19. The van der Waals surface area contributed by atoms with Gasteiger partial charge in [-0.15, -0.1) is 0 Å². The number of hydrogen-bond acceptors (Lipinski definition) is 3. The minimum Gasteiger partial charge on any atom is -0.372 e. The van der Waals surface area contributed by atoms with Gasteiger partial charge in [-0.1, -0.05) is 42.5 Å². The molecule has 2 saturated heterocycles. The van der Waals surface area contributed by atoms with Crippen molar-refractivity contribution in [1.82, 2.24) is 4.90 Å². The minimum absolute atomic E-state index is 0.0519. The third kappa shape index (κ3) is 6.52. The molecule has 0 bridgehead atoms. The molecule has 0 aliphatic carbocycles. The van der Waals surface area contributed by atoms with Crippen LogP contribution in [0, 0.1) is 5.92 Å². The largest absolute Gasteiger partial charge is 0.372 e. The van der Waals surface area contributed by atoms with Gasteiger partial charge in [0.2, 0.25) is 0 Å². The number of nitrogens with one attached hydrogen (secondary N) is 1. The van der Waals surface area contributed by atoms with E-state index in [1.807, 2.05) is 24.3 Å². The number of carbonyl (C=O) groups is 1. The van der Waals surface area contributed by atoms with Crippen LogP contribution in [0.5, 0.6) is 0 Å². The minimum atomic E-state index is -0.0519. The van der Waals surface area contributed by atoms with Crippen molar-refractivity contribution in [2.24, 2.45) is 5.92 Å². The molecule has 0 unspecified atom stereocenters. The van der Waals surface area contributed by atoms with Crippen LogP contribution in [-0.2, 0) is 13.0 Å². The molecule has 0 radical (unpaired) electrons. The highest BCUT2D eigenvalue weighted by atomic mass is 16.1. The molecule has 2 fully saturated rings. The Morgan fingerprint density at radius 2 is 1.43 bits per heavy atom. The molecule has 35 heavy (non-hydrogen) atoms. The third-order valence-corrected chi connectivity index (χ3v) is 7.54. The number of carbonyl (C=O) groups excluding carboxylic acids is 1. The van der Waals surface area contributed by atoms with E-state index in [1.54, 1.807) is 0 Å². The SMILES string of the molecule is O=C(Nc1ccc(N2CCCCC2)cc1)c1ccc(CN2CCC(Cc3ccccc3)CC2)cc1. The summed E-state index contributed by atoms with van der Waals surface area (Å²) >= 11 is 0. The van der Waals surface area contributed by atoms with Crippen LogP contribution in [0.1, 0.15) is 53.6 Å². The normalized spacial score (nSPS) is 17.3. The van der Waals surface area contributed by atoms with Crippen molar-refractivity contribution in [1.29, 1.82) is 0 Å². The maximum Gasteiger partial charge on any atom is 0.255 e. The summed E-state index contributed by atoms with van der Waals surface area (Å²) in [6.07, 6.45) is 7.57. The third-order valence-electron chi connectivity index (χ3n) is 7.54. The fraction of sp³-hybridized carbons (Fsp3) is 0.387. The summed E-state index contributed by atoms with van der Waals surface area (Å²) in [6, 6.07) is 27.2. The van der Waals surface area contributed by atoms with Crippen molar-refractivity contribution in [3.8, 4) is 0 Å². The number of hydrogen-bond donors (Lipinski definition) is 1. The number of likely N-dealkylation sites (tertiary alicyclic amines) is 1. The van der Waals surface area contributed by atoms with E-state index in [9.17, 15) is 4.79 Å². The first-order valence-corrected chi connectivity index (χ1v) is 13.2. The number of amides is 1. The Morgan fingerprint density at radius 1 is 0.743 bits per heavy atom. The average Bonchev–Trinajstić information content (AvgIpc) is 2.92. The summed E-state index contributed by atoms with van der Waals surface area (Å²) in [5.74, 6) is 0.734. The van der Waals surface area contributed by atoms with Gasteiger partial charge in [0.05, 0.1) is 0 Å². The second kappa shape index (κ2) is 11.5. The lowest BCUT2D eigenvalue weighted by atomic mass is 9.90. The molecular formula is C31H37N3O. The fourth-order valence-corrected chi connectivity index (χ4v) is 5.43. The number of rotatable bonds is 7. The summed E-state index contributed by atoms with van der Waals surface area (Å²) < 4.78 is 0. The number of nitrogens with zero attached hydrogens (tertiary/aromatic N) is 2. The van der Waals surface area contributed by atoms with E-state index in [4.69, 9.17) is 0 Å². The summed E-state index contributed by atoms with van der Waals surface area (Å²) in [6.45, 7) is 5.51. The predicted molar refractivity (Wildman–Crippen MR) is 145 cm³/mol. The summed E-state index contributed by atoms with van der Waals surface area (Å²) in [4.78, 5) is 17.7. The molecule has 0 spiro atoms. The van der Waals surface area contributed by atoms with Crippen molar-refractivity contribution in [2.45, 2.75) is 45.1 Å². The van der Waals surface area contributed by atoms with E-state index >= 15 is 0 Å². The Balaban J connectivity index is 1.08. The van der Waals surface area contributed by atoms with E-state index in [1.165, 1.54) is 55.3 Å². The molecule has 1 N–H and O–H groups in total. The number of anilines is 2. The highest BCUT2D eigenvalue weighted by molar-refractivity contribution is 6.04. The standard InChI is InChI=1S/C31H37N3O/c35-31(32-29-13-15-30(16-14-29)34-19-5-2-6-20-34)28-11-9-27(10-12-28)24-33-21-17-26(18-22-33)23-25-7-3-1-4-8-25/h1,3-4,7-16,26H,2,5-6,17-24H2,(H,32,35). The number of piperidine rings is 2. The van der Waals surface area contributed by atoms with Crippen LogP contribution in [0.2, 0.25) is 0 Å². The van der Waals surface area contributed by atoms with Gasteiger partial charge in [0.25, 0.3) is 5.91 Å². The first kappa shape index (κ1) is 23.6. The molecule has 3 aromatic rings. The highest BCUT2D eigenvalue weighted by Crippen LogP contribution is 2.24. The zero-order valence-corrected chi connectivity index (χ0v) is 20.7. The Kier molecular flexibility index (Phi) is 7.79. The second-order valence-corrected chi connectivity index (χ2v) is 10.2. The van der Waals surface area contributed by atoms with Gasteiger partial charge in [-0.05, 0) is 105 Å². The molecule has 2 heterocycles. The van der Waals surface area contributed by atoms with Crippen molar-refractivity contribution in [2.75, 3.05) is 36.4 Å². The van der Waals surface area contributed by atoms with E-state index in [0.717, 1.165) is 44.3 Å². The van der Waals surface area contributed by atoms with Crippen molar-refractivity contribution >= 4 is 17.3 Å². The second-order valence-electron chi connectivity index (χ2n) is 10.2. The van der Waals surface area contributed by atoms with Gasteiger partial charge in [-0.3, -0.25) is 9.69 Å². The quantitative estimate of drug-likeness (QED) is 0.438. The lowest BCUT2D eigenvalue weighted by Gasteiger charge is -2.32. The maximum atomic E-state index is 12.8.